The highest BCUT2D eigenvalue weighted by Gasteiger charge is 2.24. The van der Waals surface area contributed by atoms with Gasteiger partial charge in [0.2, 0.25) is 0 Å². The smallest absolute Gasteiger partial charge is 0.313 e. The molecule has 1 N–H and O–H groups in total. The lowest BCUT2D eigenvalue weighted by atomic mass is 10.1. The predicted octanol–water partition coefficient (Wildman–Crippen LogP) is 3.19. The summed E-state index contributed by atoms with van der Waals surface area (Å²) in [6.45, 7) is 8.20. The largest absolute Gasteiger partial charge is 0.481 e. The van der Waals surface area contributed by atoms with Crippen LogP contribution in [0.4, 0.5) is 0 Å². The summed E-state index contributed by atoms with van der Waals surface area (Å²) in [5, 5.41) is 17.9. The Kier molecular flexibility index (Phi) is 4.37. The standard InChI is InChI=1S/C15H19N3O2S/c1-10-6-5-7-11(8-10)13-16-17-14(21-9-12(19)20)18(13)15(2,3)4/h5-8H,9H2,1-4H3,(H,19,20). The summed E-state index contributed by atoms with van der Waals surface area (Å²) in [5.74, 6) is -0.123. The number of benzene rings is 1. The van der Waals surface area contributed by atoms with Crippen LogP contribution in [0.15, 0.2) is 29.4 Å². The van der Waals surface area contributed by atoms with Crippen molar-refractivity contribution in [2.24, 2.45) is 0 Å². The molecule has 1 aromatic carbocycles. The SMILES string of the molecule is Cc1cccc(-c2nnc(SCC(=O)O)n2C(C)(C)C)c1. The van der Waals surface area contributed by atoms with Gasteiger partial charge in [0.1, 0.15) is 0 Å². The van der Waals surface area contributed by atoms with Gasteiger partial charge in [-0.3, -0.25) is 9.36 Å². The van der Waals surface area contributed by atoms with E-state index in [9.17, 15) is 4.79 Å². The molecule has 0 saturated heterocycles. The van der Waals surface area contributed by atoms with Crippen molar-refractivity contribution in [1.29, 1.82) is 0 Å². The topological polar surface area (TPSA) is 68.0 Å². The maximum Gasteiger partial charge on any atom is 0.313 e. The molecule has 5 nitrogen and oxygen atoms in total. The highest BCUT2D eigenvalue weighted by Crippen LogP contribution is 2.30. The summed E-state index contributed by atoms with van der Waals surface area (Å²) < 4.78 is 2.00. The van der Waals surface area contributed by atoms with E-state index in [0.717, 1.165) is 17.0 Å². The molecule has 1 aromatic heterocycles. The van der Waals surface area contributed by atoms with Crippen molar-refractivity contribution in [3.8, 4) is 11.4 Å². The van der Waals surface area contributed by atoms with Crippen molar-refractivity contribution < 1.29 is 9.90 Å². The average Bonchev–Trinajstić information content (AvgIpc) is 2.80. The predicted molar refractivity (Wildman–Crippen MR) is 83.6 cm³/mol. The van der Waals surface area contributed by atoms with Gasteiger partial charge in [0.15, 0.2) is 11.0 Å². The maximum absolute atomic E-state index is 10.8. The highest BCUT2D eigenvalue weighted by atomic mass is 32.2. The number of carbonyl (C=O) groups is 1. The normalized spacial score (nSPS) is 11.6. The molecular weight excluding hydrogens is 286 g/mol. The molecule has 0 amide bonds. The Morgan fingerprint density at radius 3 is 2.62 bits per heavy atom. The van der Waals surface area contributed by atoms with Gasteiger partial charge < -0.3 is 5.11 Å². The number of rotatable bonds is 4. The molecule has 6 heteroatoms. The van der Waals surface area contributed by atoms with Crippen molar-refractivity contribution >= 4 is 17.7 Å². The fourth-order valence-electron chi connectivity index (χ4n) is 2.07. The number of carboxylic acid groups (broad SMARTS) is 1. The summed E-state index contributed by atoms with van der Waals surface area (Å²) >= 11 is 1.19. The Morgan fingerprint density at radius 1 is 1.33 bits per heavy atom. The average molecular weight is 305 g/mol. The summed E-state index contributed by atoms with van der Waals surface area (Å²) in [6.07, 6.45) is 0. The number of hydrogen-bond donors (Lipinski definition) is 1. The van der Waals surface area contributed by atoms with E-state index in [1.807, 2.05) is 29.7 Å². The molecule has 0 aliphatic carbocycles. The molecule has 112 valence electrons. The molecule has 1 heterocycles. The Morgan fingerprint density at radius 2 is 2.05 bits per heavy atom. The number of aromatic nitrogens is 3. The second-order valence-electron chi connectivity index (χ2n) is 5.86. The summed E-state index contributed by atoms with van der Waals surface area (Å²) in [4.78, 5) is 10.8. The van der Waals surface area contributed by atoms with Crippen LogP contribution in [0.2, 0.25) is 0 Å². The second-order valence-corrected chi connectivity index (χ2v) is 6.81. The molecular formula is C15H19N3O2S. The lowest BCUT2D eigenvalue weighted by Crippen LogP contribution is -2.24. The molecule has 0 bridgehead atoms. The number of nitrogens with zero attached hydrogens (tertiary/aromatic N) is 3. The number of aliphatic carboxylic acids is 1. The van der Waals surface area contributed by atoms with Crippen molar-refractivity contribution in [1.82, 2.24) is 14.8 Å². The highest BCUT2D eigenvalue weighted by molar-refractivity contribution is 7.99. The minimum absolute atomic E-state index is 0.0258. The van der Waals surface area contributed by atoms with E-state index in [0.29, 0.717) is 5.16 Å². The van der Waals surface area contributed by atoms with Crippen molar-refractivity contribution in [3.05, 3.63) is 29.8 Å². The minimum Gasteiger partial charge on any atom is -0.481 e. The van der Waals surface area contributed by atoms with Gasteiger partial charge in [-0.25, -0.2) is 0 Å². The maximum atomic E-state index is 10.8. The Balaban J connectivity index is 2.49. The number of aryl methyl sites for hydroxylation is 1. The molecule has 0 saturated carbocycles. The van der Waals surface area contributed by atoms with Crippen LogP contribution < -0.4 is 0 Å². The zero-order valence-electron chi connectivity index (χ0n) is 12.6. The fraction of sp³-hybridized carbons (Fsp3) is 0.400. The van der Waals surface area contributed by atoms with E-state index in [-0.39, 0.29) is 11.3 Å². The van der Waals surface area contributed by atoms with Gasteiger partial charge in [0.05, 0.1) is 5.75 Å². The van der Waals surface area contributed by atoms with E-state index in [1.165, 1.54) is 11.8 Å². The van der Waals surface area contributed by atoms with E-state index < -0.39 is 5.97 Å². The van der Waals surface area contributed by atoms with Crippen LogP contribution >= 0.6 is 11.8 Å². The first-order valence-electron chi connectivity index (χ1n) is 6.66. The van der Waals surface area contributed by atoms with Crippen LogP contribution in [0.5, 0.6) is 0 Å². The second kappa shape index (κ2) is 5.89. The molecule has 0 fully saturated rings. The van der Waals surface area contributed by atoms with Gasteiger partial charge in [-0.2, -0.15) is 0 Å². The Hall–Kier alpha value is -1.82. The van der Waals surface area contributed by atoms with Crippen LogP contribution in [0, 0.1) is 6.92 Å². The first-order chi connectivity index (χ1) is 9.79. The third-order valence-electron chi connectivity index (χ3n) is 2.91. The van der Waals surface area contributed by atoms with Gasteiger partial charge in [-0.05, 0) is 33.8 Å². The zero-order chi connectivity index (χ0) is 15.6. The third kappa shape index (κ3) is 3.64. The quantitative estimate of drug-likeness (QED) is 0.879. The van der Waals surface area contributed by atoms with Gasteiger partial charge in [0.25, 0.3) is 0 Å². The Bertz CT molecular complexity index is 659. The van der Waals surface area contributed by atoms with Gasteiger partial charge in [-0.1, -0.05) is 35.5 Å². The molecule has 2 rings (SSSR count). The van der Waals surface area contributed by atoms with Gasteiger partial charge in [0, 0.05) is 11.1 Å². The molecule has 2 aromatic rings. The van der Waals surface area contributed by atoms with Crippen molar-refractivity contribution in [3.63, 3.8) is 0 Å². The first-order valence-corrected chi connectivity index (χ1v) is 7.65. The lowest BCUT2D eigenvalue weighted by molar-refractivity contribution is -0.133. The van der Waals surface area contributed by atoms with E-state index in [1.54, 1.807) is 0 Å². The lowest BCUT2D eigenvalue weighted by Gasteiger charge is -2.24. The number of thioether (sulfide) groups is 1. The minimum atomic E-state index is -0.861. The van der Waals surface area contributed by atoms with Crippen LogP contribution in [0.25, 0.3) is 11.4 Å². The van der Waals surface area contributed by atoms with E-state index in [4.69, 9.17) is 5.11 Å². The molecule has 0 spiro atoms. The molecule has 0 aliphatic rings. The van der Waals surface area contributed by atoms with E-state index >= 15 is 0 Å². The summed E-state index contributed by atoms with van der Waals surface area (Å²) in [6, 6.07) is 8.06. The number of carboxylic acids is 1. The van der Waals surface area contributed by atoms with Crippen LogP contribution in [-0.4, -0.2) is 31.6 Å². The van der Waals surface area contributed by atoms with Crippen molar-refractivity contribution in [2.75, 3.05) is 5.75 Å². The van der Waals surface area contributed by atoms with Gasteiger partial charge in [-0.15, -0.1) is 10.2 Å². The molecule has 0 aliphatic heterocycles. The summed E-state index contributed by atoms with van der Waals surface area (Å²) in [7, 11) is 0. The van der Waals surface area contributed by atoms with E-state index in [2.05, 4.69) is 37.0 Å². The molecule has 0 radical (unpaired) electrons. The third-order valence-corrected chi connectivity index (χ3v) is 3.82. The monoisotopic (exact) mass is 305 g/mol. The first kappa shape index (κ1) is 15.6. The molecule has 0 unspecified atom stereocenters. The van der Waals surface area contributed by atoms with Crippen LogP contribution in [0.3, 0.4) is 0 Å². The zero-order valence-corrected chi connectivity index (χ0v) is 13.4. The van der Waals surface area contributed by atoms with Crippen LogP contribution in [-0.2, 0) is 10.3 Å². The fourth-order valence-corrected chi connectivity index (χ4v) is 2.91. The molecule has 0 atom stereocenters. The van der Waals surface area contributed by atoms with Crippen LogP contribution in [0.1, 0.15) is 26.3 Å². The number of hydrogen-bond acceptors (Lipinski definition) is 4. The summed E-state index contributed by atoms with van der Waals surface area (Å²) in [5.41, 5.74) is 1.90. The Labute approximate surface area is 128 Å². The molecule has 21 heavy (non-hydrogen) atoms. The van der Waals surface area contributed by atoms with Crippen molar-refractivity contribution in [2.45, 2.75) is 38.4 Å². The van der Waals surface area contributed by atoms with Gasteiger partial charge >= 0.3 is 5.97 Å².